The summed E-state index contributed by atoms with van der Waals surface area (Å²) in [6, 6.07) is 0. The van der Waals surface area contributed by atoms with Gasteiger partial charge in [0, 0.05) is 13.6 Å². The number of nitrogens with zero attached hydrogens (tertiary/aromatic N) is 4. The van der Waals surface area contributed by atoms with Crippen LogP contribution in [0.2, 0.25) is 0 Å². The summed E-state index contributed by atoms with van der Waals surface area (Å²) < 4.78 is 2.45. The quantitative estimate of drug-likeness (QED) is 0.861. The monoisotopic (exact) mass is 267 g/mol. The molecule has 0 atom stereocenters. The molecule has 0 radical (unpaired) electrons. The number of halogens is 1. The second kappa shape index (κ2) is 3.98. The second-order valence-electron chi connectivity index (χ2n) is 3.00. The summed E-state index contributed by atoms with van der Waals surface area (Å²) in [7, 11) is 1.84. The fourth-order valence-corrected chi connectivity index (χ4v) is 1.95. The predicted molar refractivity (Wildman–Crippen MR) is 62.7 cm³/mol. The van der Waals surface area contributed by atoms with Gasteiger partial charge in [-0.1, -0.05) is 6.08 Å². The van der Waals surface area contributed by atoms with Crippen molar-refractivity contribution >= 4 is 32.8 Å². The molecule has 78 valence electrons. The maximum absolute atomic E-state index is 4.22. The molecule has 1 N–H and O–H groups in total. The summed E-state index contributed by atoms with van der Waals surface area (Å²) in [5.41, 5.74) is 0.795. The smallest absolute Gasteiger partial charge is 0.164 e. The van der Waals surface area contributed by atoms with Crippen LogP contribution < -0.4 is 5.32 Å². The highest BCUT2D eigenvalue weighted by molar-refractivity contribution is 9.10. The molecule has 0 amide bonds. The van der Waals surface area contributed by atoms with Gasteiger partial charge in [-0.05, 0) is 15.9 Å². The van der Waals surface area contributed by atoms with Gasteiger partial charge in [0.1, 0.15) is 16.7 Å². The Labute approximate surface area is 95.3 Å². The van der Waals surface area contributed by atoms with Crippen molar-refractivity contribution in [2.45, 2.75) is 0 Å². The molecule has 0 unspecified atom stereocenters. The molecule has 0 spiro atoms. The Morgan fingerprint density at radius 2 is 2.40 bits per heavy atom. The second-order valence-corrected chi connectivity index (χ2v) is 3.76. The Morgan fingerprint density at radius 1 is 1.60 bits per heavy atom. The van der Waals surface area contributed by atoms with E-state index in [-0.39, 0.29) is 0 Å². The number of aromatic nitrogens is 4. The first-order valence-corrected chi connectivity index (χ1v) is 5.21. The van der Waals surface area contributed by atoms with Crippen molar-refractivity contribution in [2.24, 2.45) is 7.05 Å². The summed E-state index contributed by atoms with van der Waals surface area (Å²) in [5, 5.41) is 8.25. The minimum atomic E-state index is 0.660. The van der Waals surface area contributed by atoms with Gasteiger partial charge in [-0.25, -0.2) is 14.6 Å². The normalized spacial score (nSPS) is 10.5. The van der Waals surface area contributed by atoms with Crippen LogP contribution in [-0.2, 0) is 7.05 Å². The Hall–Kier alpha value is -1.43. The third-order valence-electron chi connectivity index (χ3n) is 1.99. The maximum Gasteiger partial charge on any atom is 0.164 e. The molecule has 15 heavy (non-hydrogen) atoms. The lowest BCUT2D eigenvalue weighted by Crippen LogP contribution is -2.01. The Kier molecular flexibility index (Phi) is 2.68. The van der Waals surface area contributed by atoms with E-state index in [2.05, 4.69) is 42.9 Å². The average molecular weight is 268 g/mol. The molecule has 0 saturated carbocycles. The van der Waals surface area contributed by atoms with E-state index in [1.54, 1.807) is 10.8 Å². The van der Waals surface area contributed by atoms with Gasteiger partial charge in [0.05, 0.1) is 5.39 Å². The van der Waals surface area contributed by atoms with Crippen LogP contribution in [0.5, 0.6) is 0 Å². The van der Waals surface area contributed by atoms with E-state index >= 15 is 0 Å². The van der Waals surface area contributed by atoms with Crippen molar-refractivity contribution in [3.8, 4) is 0 Å². The number of nitrogens with one attached hydrogen (secondary N) is 1. The van der Waals surface area contributed by atoms with Gasteiger partial charge in [0.2, 0.25) is 0 Å². The van der Waals surface area contributed by atoms with Crippen LogP contribution in [0.3, 0.4) is 0 Å². The van der Waals surface area contributed by atoms with Gasteiger partial charge in [0.15, 0.2) is 5.65 Å². The number of hydrogen-bond donors (Lipinski definition) is 1. The first-order chi connectivity index (χ1) is 7.24. The number of anilines is 1. The van der Waals surface area contributed by atoms with Crippen LogP contribution in [0.4, 0.5) is 5.82 Å². The molecular formula is C9H10BrN5. The third kappa shape index (κ3) is 1.72. The van der Waals surface area contributed by atoms with E-state index in [4.69, 9.17) is 0 Å². The minimum Gasteiger partial charge on any atom is -0.366 e. The molecule has 2 heterocycles. The van der Waals surface area contributed by atoms with Crippen molar-refractivity contribution in [1.82, 2.24) is 19.7 Å². The molecular weight excluding hydrogens is 258 g/mol. The Balaban J connectivity index is 2.58. The van der Waals surface area contributed by atoms with Crippen LogP contribution in [-0.4, -0.2) is 26.3 Å². The van der Waals surface area contributed by atoms with Crippen molar-refractivity contribution in [3.63, 3.8) is 0 Å². The molecule has 0 saturated heterocycles. The molecule has 0 aromatic carbocycles. The van der Waals surface area contributed by atoms with Crippen molar-refractivity contribution < 1.29 is 0 Å². The fourth-order valence-electron chi connectivity index (χ4n) is 1.34. The van der Waals surface area contributed by atoms with E-state index in [9.17, 15) is 0 Å². The van der Waals surface area contributed by atoms with Crippen molar-refractivity contribution in [2.75, 3.05) is 11.9 Å². The summed E-state index contributed by atoms with van der Waals surface area (Å²) in [6.07, 6.45) is 3.29. The minimum absolute atomic E-state index is 0.660. The summed E-state index contributed by atoms with van der Waals surface area (Å²) in [4.78, 5) is 8.33. The van der Waals surface area contributed by atoms with E-state index in [1.807, 2.05) is 7.05 Å². The lowest BCUT2D eigenvalue weighted by molar-refractivity contribution is 0.777. The van der Waals surface area contributed by atoms with Crippen molar-refractivity contribution in [3.05, 3.63) is 23.6 Å². The predicted octanol–water partition coefficient (Wildman–Crippen LogP) is 1.72. The zero-order valence-electron chi connectivity index (χ0n) is 8.24. The number of rotatable bonds is 3. The fraction of sp³-hybridized carbons (Fsp3) is 0.222. The molecule has 0 aliphatic rings. The molecule has 5 nitrogen and oxygen atoms in total. The largest absolute Gasteiger partial charge is 0.366 e. The first kappa shape index (κ1) is 10.1. The molecule has 0 aliphatic carbocycles. The molecule has 2 rings (SSSR count). The molecule has 2 aromatic heterocycles. The van der Waals surface area contributed by atoms with Crippen LogP contribution in [0, 0.1) is 0 Å². The number of fused-ring (bicyclic) bond motifs is 1. The highest BCUT2D eigenvalue weighted by Crippen LogP contribution is 2.26. The molecule has 2 aromatic rings. The van der Waals surface area contributed by atoms with Crippen LogP contribution in [0.15, 0.2) is 23.6 Å². The van der Waals surface area contributed by atoms with E-state index in [0.717, 1.165) is 21.5 Å². The van der Waals surface area contributed by atoms with Gasteiger partial charge in [-0.3, -0.25) is 0 Å². The first-order valence-electron chi connectivity index (χ1n) is 4.42. The van der Waals surface area contributed by atoms with Gasteiger partial charge < -0.3 is 5.32 Å². The van der Waals surface area contributed by atoms with Crippen LogP contribution in [0.1, 0.15) is 0 Å². The highest BCUT2D eigenvalue weighted by Gasteiger charge is 2.12. The zero-order valence-corrected chi connectivity index (χ0v) is 9.82. The SMILES string of the molecule is C=CCNc1ncnc2c1c(Br)nn2C. The molecule has 0 aliphatic heterocycles. The van der Waals surface area contributed by atoms with E-state index < -0.39 is 0 Å². The summed E-state index contributed by atoms with van der Waals surface area (Å²) in [6.45, 7) is 4.31. The summed E-state index contributed by atoms with van der Waals surface area (Å²) >= 11 is 3.38. The standard InChI is InChI=1S/C9H10BrN5/c1-3-4-11-8-6-7(10)14-15(2)9(6)13-5-12-8/h3,5H,1,4H2,2H3,(H,11,12,13). The van der Waals surface area contributed by atoms with Crippen LogP contribution in [0.25, 0.3) is 11.0 Å². The summed E-state index contributed by atoms with van der Waals surface area (Å²) in [5.74, 6) is 0.764. The van der Waals surface area contributed by atoms with Gasteiger partial charge >= 0.3 is 0 Å². The average Bonchev–Trinajstić information content (AvgIpc) is 2.53. The Morgan fingerprint density at radius 3 is 3.13 bits per heavy atom. The van der Waals surface area contributed by atoms with Gasteiger partial charge in [-0.2, -0.15) is 5.10 Å². The number of hydrogen-bond acceptors (Lipinski definition) is 4. The highest BCUT2D eigenvalue weighted by atomic mass is 79.9. The Bertz CT molecular complexity index is 504. The van der Waals surface area contributed by atoms with Gasteiger partial charge in [0.25, 0.3) is 0 Å². The van der Waals surface area contributed by atoms with Crippen molar-refractivity contribution in [1.29, 1.82) is 0 Å². The van der Waals surface area contributed by atoms with Gasteiger partial charge in [-0.15, -0.1) is 6.58 Å². The maximum atomic E-state index is 4.22. The van der Waals surface area contributed by atoms with E-state index in [1.165, 1.54) is 6.33 Å². The number of aryl methyl sites for hydroxylation is 1. The lowest BCUT2D eigenvalue weighted by atomic mass is 10.4. The molecule has 0 bridgehead atoms. The lowest BCUT2D eigenvalue weighted by Gasteiger charge is -2.02. The molecule has 0 fully saturated rings. The molecule has 6 heteroatoms. The topological polar surface area (TPSA) is 55.6 Å². The van der Waals surface area contributed by atoms with Crippen LogP contribution >= 0.6 is 15.9 Å². The zero-order chi connectivity index (χ0) is 10.8. The third-order valence-corrected chi connectivity index (χ3v) is 2.55. The van der Waals surface area contributed by atoms with E-state index in [0.29, 0.717) is 6.54 Å².